The summed E-state index contributed by atoms with van der Waals surface area (Å²) in [5.74, 6) is 0. The summed E-state index contributed by atoms with van der Waals surface area (Å²) in [5, 5.41) is 21.8. The number of nitrogens with one attached hydrogen (secondary N) is 2. The molecule has 1 aliphatic carbocycles. The zero-order chi connectivity index (χ0) is 11.8. The Balaban J connectivity index is 1.89. The highest BCUT2D eigenvalue weighted by Crippen LogP contribution is 2.26. The van der Waals surface area contributed by atoms with Crippen LogP contribution in [-0.2, 0) is 0 Å². The molecule has 1 heterocycles. The Bertz CT molecular complexity index is 530. The SMILES string of the molecule is Cc1[nH]nc2cccc([C@@H](O)CNC3CC3)c12. The lowest BCUT2D eigenvalue weighted by Gasteiger charge is -2.13. The smallest absolute Gasteiger partial charge is 0.0927 e. The molecule has 3 N–H and O–H groups in total. The molecule has 1 aromatic heterocycles. The van der Waals surface area contributed by atoms with Gasteiger partial charge in [-0.3, -0.25) is 5.10 Å². The molecule has 17 heavy (non-hydrogen) atoms. The molecule has 1 aromatic carbocycles. The number of hydrogen-bond donors (Lipinski definition) is 3. The lowest BCUT2D eigenvalue weighted by atomic mass is 10.0. The molecule has 0 radical (unpaired) electrons. The monoisotopic (exact) mass is 231 g/mol. The first-order valence-corrected chi connectivity index (χ1v) is 6.11. The van der Waals surface area contributed by atoms with Gasteiger partial charge in [-0.25, -0.2) is 0 Å². The Morgan fingerprint density at radius 2 is 2.35 bits per heavy atom. The van der Waals surface area contributed by atoms with Crippen LogP contribution in [0.15, 0.2) is 18.2 Å². The second-order valence-corrected chi connectivity index (χ2v) is 4.79. The molecule has 0 aliphatic heterocycles. The quantitative estimate of drug-likeness (QED) is 0.750. The first-order chi connectivity index (χ1) is 8.25. The highest BCUT2D eigenvalue weighted by molar-refractivity contribution is 5.85. The fraction of sp³-hybridized carbons (Fsp3) is 0.462. The van der Waals surface area contributed by atoms with Gasteiger partial charge in [-0.15, -0.1) is 0 Å². The lowest BCUT2D eigenvalue weighted by Crippen LogP contribution is -2.23. The molecule has 0 spiro atoms. The lowest BCUT2D eigenvalue weighted by molar-refractivity contribution is 0.175. The van der Waals surface area contributed by atoms with Gasteiger partial charge in [0.15, 0.2) is 0 Å². The van der Waals surface area contributed by atoms with Crippen molar-refractivity contribution in [3.8, 4) is 0 Å². The second-order valence-electron chi connectivity index (χ2n) is 4.79. The average Bonchev–Trinajstić information content (AvgIpc) is 3.10. The van der Waals surface area contributed by atoms with Gasteiger partial charge in [0.2, 0.25) is 0 Å². The number of nitrogens with zero attached hydrogens (tertiary/aromatic N) is 1. The van der Waals surface area contributed by atoms with E-state index in [9.17, 15) is 5.11 Å². The van der Waals surface area contributed by atoms with Gasteiger partial charge < -0.3 is 10.4 Å². The van der Waals surface area contributed by atoms with Crippen LogP contribution in [0.4, 0.5) is 0 Å². The van der Waals surface area contributed by atoms with Crippen LogP contribution < -0.4 is 5.32 Å². The number of aromatic amines is 1. The van der Waals surface area contributed by atoms with Gasteiger partial charge in [0, 0.05) is 23.7 Å². The van der Waals surface area contributed by atoms with Gasteiger partial charge in [0.1, 0.15) is 0 Å². The fourth-order valence-corrected chi connectivity index (χ4v) is 2.21. The van der Waals surface area contributed by atoms with E-state index in [4.69, 9.17) is 0 Å². The zero-order valence-corrected chi connectivity index (χ0v) is 9.90. The van der Waals surface area contributed by atoms with Crippen molar-refractivity contribution in [3.05, 3.63) is 29.5 Å². The molecule has 3 rings (SSSR count). The van der Waals surface area contributed by atoms with Crippen LogP contribution in [0.25, 0.3) is 10.9 Å². The number of fused-ring (bicyclic) bond motifs is 1. The van der Waals surface area contributed by atoms with Crippen molar-refractivity contribution in [2.75, 3.05) is 6.54 Å². The Labute approximate surface area is 100 Å². The topological polar surface area (TPSA) is 60.9 Å². The molecule has 0 unspecified atom stereocenters. The molecular weight excluding hydrogens is 214 g/mol. The first kappa shape index (κ1) is 10.7. The summed E-state index contributed by atoms with van der Waals surface area (Å²) in [6.07, 6.45) is 2.01. The van der Waals surface area contributed by atoms with E-state index in [0.29, 0.717) is 12.6 Å². The summed E-state index contributed by atoms with van der Waals surface area (Å²) < 4.78 is 0. The van der Waals surface area contributed by atoms with Gasteiger partial charge in [0.25, 0.3) is 0 Å². The van der Waals surface area contributed by atoms with Crippen LogP contribution in [-0.4, -0.2) is 27.9 Å². The van der Waals surface area contributed by atoms with E-state index in [1.165, 1.54) is 12.8 Å². The van der Waals surface area contributed by atoms with Crippen LogP contribution in [0, 0.1) is 6.92 Å². The fourth-order valence-electron chi connectivity index (χ4n) is 2.21. The Hall–Kier alpha value is -1.39. The van der Waals surface area contributed by atoms with E-state index in [0.717, 1.165) is 22.2 Å². The van der Waals surface area contributed by atoms with Crippen molar-refractivity contribution in [2.24, 2.45) is 0 Å². The van der Waals surface area contributed by atoms with Crippen LogP contribution in [0.5, 0.6) is 0 Å². The standard InChI is InChI=1S/C13H17N3O/c1-8-13-10(3-2-4-11(13)16-15-8)12(17)7-14-9-5-6-9/h2-4,9,12,14,17H,5-7H2,1H3,(H,15,16)/t12-/m0/s1. The third kappa shape index (κ3) is 2.06. The van der Waals surface area contributed by atoms with Crippen LogP contribution in [0.1, 0.15) is 30.2 Å². The number of aliphatic hydroxyl groups excluding tert-OH is 1. The highest BCUT2D eigenvalue weighted by atomic mass is 16.3. The van der Waals surface area contributed by atoms with Gasteiger partial charge in [-0.05, 0) is 31.4 Å². The Morgan fingerprint density at radius 1 is 1.53 bits per heavy atom. The molecule has 0 saturated heterocycles. The van der Waals surface area contributed by atoms with Crippen LogP contribution in [0.2, 0.25) is 0 Å². The summed E-state index contributed by atoms with van der Waals surface area (Å²) in [7, 11) is 0. The average molecular weight is 231 g/mol. The van der Waals surface area contributed by atoms with Gasteiger partial charge >= 0.3 is 0 Å². The second kappa shape index (κ2) is 4.13. The van der Waals surface area contributed by atoms with Crippen molar-refractivity contribution in [1.29, 1.82) is 0 Å². The number of hydrogen-bond acceptors (Lipinski definition) is 3. The maximum absolute atomic E-state index is 10.2. The maximum Gasteiger partial charge on any atom is 0.0927 e. The van der Waals surface area contributed by atoms with Crippen molar-refractivity contribution < 1.29 is 5.11 Å². The summed E-state index contributed by atoms with van der Waals surface area (Å²) in [5.41, 5.74) is 2.90. The predicted octanol–water partition coefficient (Wildman–Crippen LogP) is 1.66. The van der Waals surface area contributed by atoms with Crippen LogP contribution in [0.3, 0.4) is 0 Å². The third-order valence-corrected chi connectivity index (χ3v) is 3.33. The molecular formula is C13H17N3O. The molecule has 4 heteroatoms. The van der Waals surface area contributed by atoms with Crippen molar-refractivity contribution in [3.63, 3.8) is 0 Å². The van der Waals surface area contributed by atoms with E-state index in [-0.39, 0.29) is 0 Å². The van der Waals surface area contributed by atoms with E-state index in [2.05, 4.69) is 15.5 Å². The van der Waals surface area contributed by atoms with Crippen molar-refractivity contribution in [2.45, 2.75) is 31.9 Å². The summed E-state index contributed by atoms with van der Waals surface area (Å²) in [4.78, 5) is 0. The molecule has 0 amide bonds. The number of benzene rings is 1. The van der Waals surface area contributed by atoms with E-state index < -0.39 is 6.10 Å². The highest BCUT2D eigenvalue weighted by Gasteiger charge is 2.22. The summed E-state index contributed by atoms with van der Waals surface area (Å²) in [6, 6.07) is 6.50. The molecule has 2 aromatic rings. The number of H-pyrrole nitrogens is 1. The van der Waals surface area contributed by atoms with E-state index in [1.807, 2.05) is 25.1 Å². The number of rotatable bonds is 4. The number of aromatic nitrogens is 2. The molecule has 4 nitrogen and oxygen atoms in total. The van der Waals surface area contributed by atoms with Gasteiger partial charge in [-0.1, -0.05) is 12.1 Å². The summed E-state index contributed by atoms with van der Waals surface area (Å²) >= 11 is 0. The third-order valence-electron chi connectivity index (χ3n) is 3.33. The zero-order valence-electron chi connectivity index (χ0n) is 9.90. The largest absolute Gasteiger partial charge is 0.387 e. The van der Waals surface area contributed by atoms with Gasteiger partial charge in [-0.2, -0.15) is 5.10 Å². The van der Waals surface area contributed by atoms with Gasteiger partial charge in [0.05, 0.1) is 11.6 Å². The molecule has 1 saturated carbocycles. The van der Waals surface area contributed by atoms with Crippen molar-refractivity contribution >= 4 is 10.9 Å². The molecule has 1 fully saturated rings. The molecule has 1 atom stereocenters. The molecule has 0 bridgehead atoms. The minimum Gasteiger partial charge on any atom is -0.387 e. The first-order valence-electron chi connectivity index (χ1n) is 6.11. The van der Waals surface area contributed by atoms with Crippen LogP contribution >= 0.6 is 0 Å². The normalized spacial score (nSPS) is 17.5. The minimum absolute atomic E-state index is 0.462. The summed E-state index contributed by atoms with van der Waals surface area (Å²) in [6.45, 7) is 2.61. The molecule has 1 aliphatic rings. The minimum atomic E-state index is -0.462. The number of aryl methyl sites for hydroxylation is 1. The van der Waals surface area contributed by atoms with Crippen molar-refractivity contribution in [1.82, 2.24) is 15.5 Å². The maximum atomic E-state index is 10.2. The van der Waals surface area contributed by atoms with E-state index in [1.54, 1.807) is 0 Å². The Kier molecular flexibility index (Phi) is 2.61. The number of aliphatic hydroxyl groups is 1. The van der Waals surface area contributed by atoms with E-state index >= 15 is 0 Å². The molecule has 90 valence electrons. The predicted molar refractivity (Wildman–Crippen MR) is 66.8 cm³/mol. The Morgan fingerprint density at radius 3 is 3.12 bits per heavy atom.